The topological polar surface area (TPSA) is 65.0 Å². The molecule has 358 valence electrons. The standard InChI is InChI=1S/C69H47N3O2Si2/c1-7-23-51(24-8-1)75(52-25-9-2-10-26-52,53-27-11-3-12-28-53)57-43-50(44-58(47-57)76(54-29-13-4-14-30-54,55-31-15-5-16-32-55)56-33-17-6-18-34-56)69-71-67(48-39-41-65-61(45-48)59-35-19-21-37-63(59)73-65)70-68(72-69)49-40-42-66-62(46-49)60-36-20-22-38-64(60)74-66/h1-47H. The van der Waals surface area contributed by atoms with Crippen molar-refractivity contribution in [2.45, 2.75) is 0 Å². The van der Waals surface area contributed by atoms with Crippen LogP contribution in [0.4, 0.5) is 0 Å². The molecule has 0 bridgehead atoms. The highest BCUT2D eigenvalue weighted by atomic mass is 28.3. The van der Waals surface area contributed by atoms with Crippen molar-refractivity contribution in [1.82, 2.24) is 15.0 Å². The minimum atomic E-state index is -3.20. The third-order valence-electron chi connectivity index (χ3n) is 15.2. The zero-order valence-corrected chi connectivity index (χ0v) is 43.3. The molecule has 3 aromatic heterocycles. The molecule has 11 aromatic carbocycles. The molecule has 0 fully saturated rings. The number of benzene rings is 11. The number of aromatic nitrogens is 3. The van der Waals surface area contributed by atoms with Crippen molar-refractivity contribution < 1.29 is 8.83 Å². The van der Waals surface area contributed by atoms with Crippen LogP contribution in [0.15, 0.2) is 294 Å². The molecule has 0 N–H and O–H groups in total. The molecule has 14 aromatic rings. The summed E-state index contributed by atoms with van der Waals surface area (Å²) < 4.78 is 12.7. The van der Waals surface area contributed by atoms with E-state index in [0.717, 1.165) is 60.6 Å². The van der Waals surface area contributed by atoms with Crippen LogP contribution >= 0.6 is 0 Å². The van der Waals surface area contributed by atoms with Gasteiger partial charge in [-0.3, -0.25) is 0 Å². The second kappa shape index (κ2) is 18.7. The van der Waals surface area contributed by atoms with Crippen molar-refractivity contribution >= 4 is 102 Å². The smallest absolute Gasteiger partial charge is 0.179 e. The quantitative estimate of drug-likeness (QED) is 0.0954. The van der Waals surface area contributed by atoms with Gasteiger partial charge in [0.15, 0.2) is 33.6 Å². The molecule has 7 heteroatoms. The van der Waals surface area contributed by atoms with E-state index in [1.54, 1.807) is 0 Å². The maximum Gasteiger partial charge on any atom is 0.179 e. The van der Waals surface area contributed by atoms with E-state index in [9.17, 15) is 0 Å². The number of rotatable bonds is 11. The summed E-state index contributed by atoms with van der Waals surface area (Å²) in [5, 5.41) is 14.2. The van der Waals surface area contributed by atoms with Gasteiger partial charge in [-0.05, 0) is 90.0 Å². The van der Waals surface area contributed by atoms with Gasteiger partial charge in [-0.25, -0.2) is 15.0 Å². The molecule has 0 radical (unpaired) electrons. The van der Waals surface area contributed by atoms with Gasteiger partial charge in [-0.15, -0.1) is 0 Å². The van der Waals surface area contributed by atoms with E-state index in [1.165, 1.54) is 41.5 Å². The van der Waals surface area contributed by atoms with Crippen molar-refractivity contribution in [2.75, 3.05) is 0 Å². The van der Waals surface area contributed by atoms with Crippen molar-refractivity contribution in [3.8, 4) is 34.2 Å². The number of hydrogen-bond donors (Lipinski definition) is 0. The molecular formula is C69H47N3O2Si2. The second-order valence-electron chi connectivity index (χ2n) is 19.4. The Balaban J connectivity index is 1.13. The first kappa shape index (κ1) is 45.1. The van der Waals surface area contributed by atoms with Gasteiger partial charge in [0.25, 0.3) is 0 Å². The highest BCUT2D eigenvalue weighted by molar-refractivity contribution is 7.22. The Hall–Kier alpha value is -9.54. The molecule has 0 aliphatic carbocycles. The molecule has 0 amide bonds. The lowest BCUT2D eigenvalue weighted by Crippen LogP contribution is -2.78. The molecule has 0 spiro atoms. The first-order valence-corrected chi connectivity index (χ1v) is 29.7. The fourth-order valence-electron chi connectivity index (χ4n) is 11.8. The van der Waals surface area contributed by atoms with Crippen molar-refractivity contribution in [2.24, 2.45) is 0 Å². The molecule has 0 atom stereocenters. The van der Waals surface area contributed by atoms with Crippen LogP contribution in [-0.2, 0) is 0 Å². The normalized spacial score (nSPS) is 11.9. The van der Waals surface area contributed by atoms with Crippen LogP contribution in [0.25, 0.3) is 78.0 Å². The van der Waals surface area contributed by atoms with E-state index in [1.807, 2.05) is 36.4 Å². The Morgan fingerprint density at radius 2 is 0.487 bits per heavy atom. The van der Waals surface area contributed by atoms with E-state index in [0.29, 0.717) is 17.5 Å². The van der Waals surface area contributed by atoms with Crippen LogP contribution in [0.2, 0.25) is 0 Å². The van der Waals surface area contributed by atoms with E-state index < -0.39 is 16.1 Å². The van der Waals surface area contributed by atoms with Gasteiger partial charge in [0.05, 0.1) is 0 Å². The molecule has 14 rings (SSSR count). The minimum absolute atomic E-state index is 0.562. The van der Waals surface area contributed by atoms with Crippen molar-refractivity contribution in [3.63, 3.8) is 0 Å². The zero-order valence-electron chi connectivity index (χ0n) is 41.3. The van der Waals surface area contributed by atoms with Crippen LogP contribution in [0.1, 0.15) is 0 Å². The Morgan fingerprint density at radius 1 is 0.211 bits per heavy atom. The van der Waals surface area contributed by atoms with E-state index in [4.69, 9.17) is 23.8 Å². The summed E-state index contributed by atoms with van der Waals surface area (Å²) in [5.74, 6) is 1.70. The van der Waals surface area contributed by atoms with Gasteiger partial charge < -0.3 is 8.83 Å². The van der Waals surface area contributed by atoms with E-state index >= 15 is 0 Å². The third-order valence-corrected chi connectivity index (χ3v) is 24.7. The molecule has 0 saturated heterocycles. The van der Waals surface area contributed by atoms with Crippen molar-refractivity contribution in [1.29, 1.82) is 0 Å². The third kappa shape index (κ3) is 7.47. The molecule has 0 aliphatic rings. The van der Waals surface area contributed by atoms with Crippen molar-refractivity contribution in [3.05, 3.63) is 285 Å². The van der Waals surface area contributed by atoms with E-state index in [2.05, 4.69) is 249 Å². The van der Waals surface area contributed by atoms with Gasteiger partial charge in [0.1, 0.15) is 22.3 Å². The molecule has 0 unspecified atom stereocenters. The summed E-state index contributed by atoms with van der Waals surface area (Å²) in [6.07, 6.45) is 0. The van der Waals surface area contributed by atoms with Crippen LogP contribution < -0.4 is 41.5 Å². The Kier molecular flexibility index (Phi) is 11.1. The van der Waals surface area contributed by atoms with Gasteiger partial charge in [-0.2, -0.15) is 0 Å². The maximum atomic E-state index is 6.35. The summed E-state index contributed by atoms with van der Waals surface area (Å²) in [6, 6.07) is 103. The van der Waals surface area contributed by atoms with Crippen LogP contribution in [0.5, 0.6) is 0 Å². The van der Waals surface area contributed by atoms with Crippen LogP contribution in [0, 0.1) is 0 Å². The summed E-state index contributed by atoms with van der Waals surface area (Å²) in [6.45, 7) is 0. The van der Waals surface area contributed by atoms with Gasteiger partial charge in [-0.1, -0.05) is 237 Å². The lowest BCUT2D eigenvalue weighted by Gasteiger charge is -2.38. The fraction of sp³-hybridized carbons (Fsp3) is 0. The minimum Gasteiger partial charge on any atom is -0.456 e. The van der Waals surface area contributed by atoms with Gasteiger partial charge >= 0.3 is 0 Å². The molecular weight excluding hydrogens is 959 g/mol. The first-order valence-electron chi connectivity index (χ1n) is 25.7. The lowest BCUT2D eigenvalue weighted by molar-refractivity contribution is 0.668. The first-order chi connectivity index (χ1) is 37.6. The molecule has 3 heterocycles. The Morgan fingerprint density at radius 3 is 0.816 bits per heavy atom. The van der Waals surface area contributed by atoms with Gasteiger partial charge in [0, 0.05) is 38.2 Å². The lowest BCUT2D eigenvalue weighted by atomic mass is 10.1. The number of furan rings is 2. The summed E-state index contributed by atoms with van der Waals surface area (Å²) in [4.78, 5) is 16.6. The average Bonchev–Trinajstić information content (AvgIpc) is 4.17. The number of fused-ring (bicyclic) bond motifs is 6. The summed E-state index contributed by atoms with van der Waals surface area (Å²) in [5.41, 5.74) is 5.91. The maximum absolute atomic E-state index is 6.35. The van der Waals surface area contributed by atoms with Crippen LogP contribution in [0.3, 0.4) is 0 Å². The highest BCUT2D eigenvalue weighted by Gasteiger charge is 2.46. The number of hydrogen-bond acceptors (Lipinski definition) is 5. The zero-order chi connectivity index (χ0) is 50.5. The molecule has 76 heavy (non-hydrogen) atoms. The number of para-hydroxylation sites is 2. The Bertz CT molecular complexity index is 3930. The molecule has 0 saturated carbocycles. The highest BCUT2D eigenvalue weighted by Crippen LogP contribution is 2.35. The average molecular weight is 1010 g/mol. The SMILES string of the molecule is c1ccc([Si](c2ccccc2)(c2ccccc2)c2cc(-c3nc(-c4ccc5oc6ccccc6c5c4)nc(-c4ccc5oc6ccccc6c5c4)n3)cc([Si](c3ccccc3)(c3ccccc3)c3ccccc3)c2)cc1. The summed E-state index contributed by atoms with van der Waals surface area (Å²) >= 11 is 0. The Labute approximate surface area is 442 Å². The predicted molar refractivity (Wildman–Crippen MR) is 318 cm³/mol. The molecule has 0 aliphatic heterocycles. The summed E-state index contributed by atoms with van der Waals surface area (Å²) in [7, 11) is -6.40. The predicted octanol–water partition coefficient (Wildman–Crippen LogP) is 11.4. The fourth-order valence-corrected chi connectivity index (χ4v) is 21.6. The largest absolute Gasteiger partial charge is 0.456 e. The van der Waals surface area contributed by atoms with E-state index in [-0.39, 0.29) is 0 Å². The second-order valence-corrected chi connectivity index (χ2v) is 27.0. The van der Waals surface area contributed by atoms with Gasteiger partial charge in [0.2, 0.25) is 0 Å². The number of nitrogens with zero attached hydrogens (tertiary/aromatic N) is 3. The molecule has 5 nitrogen and oxygen atoms in total. The van der Waals surface area contributed by atoms with Crippen LogP contribution in [-0.4, -0.2) is 31.1 Å². The monoisotopic (exact) mass is 1010 g/mol.